The molecule has 3 aromatic rings. The third-order valence-electron chi connectivity index (χ3n) is 5.06. The second-order valence-corrected chi connectivity index (χ2v) is 6.73. The number of aryl methyl sites for hydroxylation is 1. The van der Waals surface area contributed by atoms with E-state index in [0.29, 0.717) is 17.4 Å². The van der Waals surface area contributed by atoms with Gasteiger partial charge in [-0.05, 0) is 30.9 Å². The first-order valence-corrected chi connectivity index (χ1v) is 9.13. The van der Waals surface area contributed by atoms with Crippen molar-refractivity contribution in [2.75, 3.05) is 13.1 Å². The molecule has 1 aliphatic heterocycles. The molecule has 26 heavy (non-hydrogen) atoms. The maximum Gasteiger partial charge on any atom is 0.274 e. The number of amides is 1. The molecule has 3 aromatic heterocycles. The van der Waals surface area contributed by atoms with E-state index in [1.165, 1.54) is 0 Å². The molecular weight excluding hydrogens is 330 g/mol. The van der Waals surface area contributed by atoms with Crippen molar-refractivity contribution in [2.45, 2.75) is 32.7 Å². The number of aromatic nitrogens is 4. The fourth-order valence-electron chi connectivity index (χ4n) is 3.57. The first-order chi connectivity index (χ1) is 12.7. The molecule has 1 aliphatic rings. The second kappa shape index (κ2) is 7.19. The summed E-state index contributed by atoms with van der Waals surface area (Å²) >= 11 is 0. The number of nitrogens with zero attached hydrogens (tertiary/aromatic N) is 4. The van der Waals surface area contributed by atoms with Crippen LogP contribution in [-0.2, 0) is 13.0 Å². The molecule has 7 nitrogen and oxygen atoms in total. The van der Waals surface area contributed by atoms with E-state index in [2.05, 4.69) is 32.9 Å². The summed E-state index contributed by atoms with van der Waals surface area (Å²) in [5.41, 5.74) is 1.16. The van der Waals surface area contributed by atoms with E-state index in [1.807, 2.05) is 23.2 Å². The number of carbonyl (C=O) groups excluding carboxylic acids is 1. The summed E-state index contributed by atoms with van der Waals surface area (Å²) in [5.74, 6) is 2.37. The normalized spacial score (nSPS) is 15.5. The Morgan fingerprint density at radius 2 is 2.23 bits per heavy atom. The fourth-order valence-corrected chi connectivity index (χ4v) is 3.57. The summed E-state index contributed by atoms with van der Waals surface area (Å²) in [7, 11) is 0. The van der Waals surface area contributed by atoms with Crippen LogP contribution in [0.25, 0.3) is 11.5 Å². The van der Waals surface area contributed by atoms with Gasteiger partial charge in [0.05, 0.1) is 6.26 Å². The van der Waals surface area contributed by atoms with Gasteiger partial charge in [0, 0.05) is 44.5 Å². The van der Waals surface area contributed by atoms with Crippen molar-refractivity contribution in [3.8, 4) is 11.5 Å². The monoisotopic (exact) mass is 353 g/mol. The third kappa shape index (κ3) is 3.29. The molecule has 1 saturated heterocycles. The lowest BCUT2D eigenvalue weighted by Gasteiger charge is -2.32. The fraction of sp³-hybridized carbons (Fsp3) is 0.421. The molecule has 136 valence electrons. The highest BCUT2D eigenvalue weighted by molar-refractivity contribution is 5.93. The van der Waals surface area contributed by atoms with Gasteiger partial charge in [0.2, 0.25) is 0 Å². The largest absolute Gasteiger partial charge is 0.463 e. The number of aromatic amines is 1. The van der Waals surface area contributed by atoms with Crippen LogP contribution in [0.4, 0.5) is 0 Å². The maximum absolute atomic E-state index is 12.7. The lowest BCUT2D eigenvalue weighted by atomic mass is 9.96. The van der Waals surface area contributed by atoms with Crippen molar-refractivity contribution in [1.82, 2.24) is 24.6 Å². The number of hydrogen-bond donors (Lipinski definition) is 1. The highest BCUT2D eigenvalue weighted by Crippen LogP contribution is 2.23. The quantitative estimate of drug-likeness (QED) is 0.765. The van der Waals surface area contributed by atoms with Gasteiger partial charge < -0.3 is 13.9 Å². The van der Waals surface area contributed by atoms with Crippen molar-refractivity contribution in [3.05, 3.63) is 48.4 Å². The second-order valence-electron chi connectivity index (χ2n) is 6.73. The topological polar surface area (TPSA) is 80.0 Å². The van der Waals surface area contributed by atoms with Gasteiger partial charge in [0.1, 0.15) is 11.5 Å². The lowest BCUT2D eigenvalue weighted by molar-refractivity contribution is 0.0676. The Hall–Kier alpha value is -2.83. The van der Waals surface area contributed by atoms with E-state index < -0.39 is 0 Å². The summed E-state index contributed by atoms with van der Waals surface area (Å²) in [5, 5.41) is 7.04. The number of piperidine rings is 1. The Kier molecular flexibility index (Phi) is 4.60. The third-order valence-corrected chi connectivity index (χ3v) is 5.06. The predicted octanol–water partition coefficient (Wildman–Crippen LogP) is 2.98. The van der Waals surface area contributed by atoms with E-state index in [-0.39, 0.29) is 5.91 Å². The number of nitrogens with one attached hydrogen (secondary N) is 1. The van der Waals surface area contributed by atoms with Crippen LogP contribution in [0.1, 0.15) is 36.1 Å². The maximum atomic E-state index is 12.7. The van der Waals surface area contributed by atoms with E-state index >= 15 is 0 Å². The Bertz CT molecular complexity index is 856. The SMILES string of the molecule is CCc1nccn1CC1CCN(C(=O)c2cc(-c3ccco3)[nH]n2)CC1. The molecule has 0 spiro atoms. The minimum Gasteiger partial charge on any atom is -0.463 e. The number of rotatable bonds is 5. The molecule has 1 fully saturated rings. The van der Waals surface area contributed by atoms with Crippen LogP contribution in [0.3, 0.4) is 0 Å². The van der Waals surface area contributed by atoms with Crippen molar-refractivity contribution in [1.29, 1.82) is 0 Å². The molecule has 0 radical (unpaired) electrons. The van der Waals surface area contributed by atoms with Crippen molar-refractivity contribution >= 4 is 5.91 Å². The van der Waals surface area contributed by atoms with Crippen LogP contribution >= 0.6 is 0 Å². The molecule has 0 aliphatic carbocycles. The Labute approximate surface area is 152 Å². The van der Waals surface area contributed by atoms with Crippen LogP contribution in [0.15, 0.2) is 41.3 Å². The molecule has 0 unspecified atom stereocenters. The summed E-state index contributed by atoms with van der Waals surface area (Å²) in [6, 6.07) is 5.41. The predicted molar refractivity (Wildman–Crippen MR) is 96.5 cm³/mol. The van der Waals surface area contributed by atoms with Crippen molar-refractivity contribution in [3.63, 3.8) is 0 Å². The molecule has 0 saturated carbocycles. The van der Waals surface area contributed by atoms with Crippen LogP contribution in [0.2, 0.25) is 0 Å². The molecule has 1 amide bonds. The van der Waals surface area contributed by atoms with Gasteiger partial charge in [-0.1, -0.05) is 6.92 Å². The first kappa shape index (κ1) is 16.6. The number of hydrogen-bond acceptors (Lipinski definition) is 4. The summed E-state index contributed by atoms with van der Waals surface area (Å²) in [6.45, 7) is 4.64. The number of imidazole rings is 1. The number of carbonyl (C=O) groups is 1. The molecule has 4 rings (SSSR count). The Morgan fingerprint density at radius 3 is 2.96 bits per heavy atom. The highest BCUT2D eigenvalue weighted by Gasteiger charge is 2.26. The number of H-pyrrole nitrogens is 1. The summed E-state index contributed by atoms with van der Waals surface area (Å²) in [4.78, 5) is 19.0. The molecule has 7 heteroatoms. The zero-order valence-electron chi connectivity index (χ0n) is 14.9. The zero-order valence-corrected chi connectivity index (χ0v) is 14.9. The molecule has 0 bridgehead atoms. The van der Waals surface area contributed by atoms with Crippen molar-refractivity contribution in [2.24, 2.45) is 5.92 Å². The van der Waals surface area contributed by atoms with Gasteiger partial charge in [-0.3, -0.25) is 9.89 Å². The van der Waals surface area contributed by atoms with E-state index in [9.17, 15) is 4.79 Å². The smallest absolute Gasteiger partial charge is 0.274 e. The van der Waals surface area contributed by atoms with Crippen molar-refractivity contribution < 1.29 is 9.21 Å². The molecule has 0 atom stereocenters. The lowest BCUT2D eigenvalue weighted by Crippen LogP contribution is -2.39. The van der Waals surface area contributed by atoms with Gasteiger partial charge in [0.25, 0.3) is 5.91 Å². The minimum atomic E-state index is -0.0191. The van der Waals surface area contributed by atoms with Crippen LogP contribution in [0.5, 0.6) is 0 Å². The highest BCUT2D eigenvalue weighted by atomic mass is 16.3. The minimum absolute atomic E-state index is 0.0191. The first-order valence-electron chi connectivity index (χ1n) is 9.13. The van der Waals surface area contributed by atoms with Gasteiger partial charge in [0.15, 0.2) is 11.5 Å². The van der Waals surface area contributed by atoms with Crippen LogP contribution in [-0.4, -0.2) is 43.6 Å². The number of furan rings is 1. The van der Waals surface area contributed by atoms with Gasteiger partial charge in [-0.15, -0.1) is 0 Å². The number of likely N-dealkylation sites (tertiary alicyclic amines) is 1. The van der Waals surface area contributed by atoms with Gasteiger partial charge in [-0.2, -0.15) is 5.10 Å². The summed E-state index contributed by atoms with van der Waals surface area (Å²) < 4.78 is 7.58. The van der Waals surface area contributed by atoms with E-state index in [1.54, 1.807) is 12.3 Å². The Balaban J connectivity index is 1.35. The standard InChI is InChI=1S/C19H23N5O2/c1-2-18-20-7-10-24(18)13-14-5-8-23(9-6-14)19(25)16-12-15(21-22-16)17-4-3-11-26-17/h3-4,7,10-12,14H,2,5-6,8-9,13H2,1H3,(H,21,22). The molecule has 1 N–H and O–H groups in total. The van der Waals surface area contributed by atoms with Gasteiger partial charge >= 0.3 is 0 Å². The van der Waals surface area contributed by atoms with E-state index in [0.717, 1.165) is 50.4 Å². The Morgan fingerprint density at radius 1 is 1.38 bits per heavy atom. The average molecular weight is 353 g/mol. The summed E-state index contributed by atoms with van der Waals surface area (Å²) in [6.07, 6.45) is 8.47. The van der Waals surface area contributed by atoms with E-state index in [4.69, 9.17) is 4.42 Å². The van der Waals surface area contributed by atoms with Crippen LogP contribution in [0, 0.1) is 5.92 Å². The average Bonchev–Trinajstić information content (AvgIpc) is 3.42. The van der Waals surface area contributed by atoms with Gasteiger partial charge in [-0.25, -0.2) is 4.98 Å². The zero-order chi connectivity index (χ0) is 17.9. The molecule has 0 aromatic carbocycles. The van der Waals surface area contributed by atoms with Crippen LogP contribution < -0.4 is 0 Å². The molecular formula is C19H23N5O2. The molecule has 4 heterocycles.